The highest BCUT2D eigenvalue weighted by Gasteiger charge is 2.12. The predicted molar refractivity (Wildman–Crippen MR) is 103 cm³/mol. The molecule has 0 aliphatic carbocycles. The summed E-state index contributed by atoms with van der Waals surface area (Å²) in [5.74, 6) is 2.95. The fourth-order valence-corrected chi connectivity index (χ4v) is 3.46. The summed E-state index contributed by atoms with van der Waals surface area (Å²) >= 11 is 1.60. The average Bonchev–Trinajstić information content (AvgIpc) is 3.02. The van der Waals surface area contributed by atoms with Crippen molar-refractivity contribution < 1.29 is 9.21 Å². The van der Waals surface area contributed by atoms with Crippen molar-refractivity contribution in [1.29, 1.82) is 0 Å². The van der Waals surface area contributed by atoms with E-state index in [0.29, 0.717) is 23.8 Å². The number of benzene rings is 2. The fraction of sp³-hybridized carbons (Fsp3) is 0.238. The van der Waals surface area contributed by atoms with Gasteiger partial charge in [-0.25, -0.2) is 4.98 Å². The third-order valence-electron chi connectivity index (χ3n) is 3.95. The molecule has 4 heteroatoms. The summed E-state index contributed by atoms with van der Waals surface area (Å²) in [6.07, 6.45) is 1.39. The Balaban J connectivity index is 1.47. The fourth-order valence-electron chi connectivity index (χ4n) is 2.53. The Kier molecular flexibility index (Phi) is 6.07. The standard InChI is InChI=1S/C21H21NO2S/c1-16-20(22-21(24-16)18-10-6-3-7-11-18)15-25-14-19(23)13-12-17-8-4-2-5-9-17/h2-11H,12-15H2,1H3. The van der Waals surface area contributed by atoms with Crippen LogP contribution >= 0.6 is 11.8 Å². The van der Waals surface area contributed by atoms with E-state index in [4.69, 9.17) is 4.42 Å². The third-order valence-corrected chi connectivity index (χ3v) is 4.95. The van der Waals surface area contributed by atoms with Crippen LogP contribution in [-0.4, -0.2) is 16.5 Å². The van der Waals surface area contributed by atoms with Crippen molar-refractivity contribution in [2.75, 3.05) is 5.75 Å². The average molecular weight is 351 g/mol. The lowest BCUT2D eigenvalue weighted by Crippen LogP contribution is -2.03. The van der Waals surface area contributed by atoms with E-state index in [1.165, 1.54) is 5.56 Å². The van der Waals surface area contributed by atoms with E-state index in [1.807, 2.05) is 55.5 Å². The molecular formula is C21H21NO2S. The summed E-state index contributed by atoms with van der Waals surface area (Å²) in [6, 6.07) is 20.0. The number of rotatable bonds is 8. The van der Waals surface area contributed by atoms with Crippen LogP contribution in [0, 0.1) is 6.92 Å². The minimum absolute atomic E-state index is 0.276. The van der Waals surface area contributed by atoms with Gasteiger partial charge in [0.1, 0.15) is 11.5 Å². The largest absolute Gasteiger partial charge is 0.441 e. The molecule has 0 fully saturated rings. The number of aromatic nitrogens is 1. The Morgan fingerprint density at radius 3 is 2.44 bits per heavy atom. The second-order valence-corrected chi connectivity index (χ2v) is 6.89. The number of nitrogens with zero attached hydrogens (tertiary/aromatic N) is 1. The van der Waals surface area contributed by atoms with Crippen molar-refractivity contribution in [3.63, 3.8) is 0 Å². The van der Waals surface area contributed by atoms with E-state index in [2.05, 4.69) is 17.1 Å². The third kappa shape index (κ3) is 5.07. The highest BCUT2D eigenvalue weighted by atomic mass is 32.2. The van der Waals surface area contributed by atoms with E-state index >= 15 is 0 Å². The predicted octanol–water partition coefficient (Wildman–Crippen LogP) is 5.09. The zero-order valence-electron chi connectivity index (χ0n) is 14.3. The number of aryl methyl sites for hydroxylation is 2. The molecule has 3 nitrogen and oxygen atoms in total. The van der Waals surface area contributed by atoms with Gasteiger partial charge in [0.05, 0.1) is 11.4 Å². The van der Waals surface area contributed by atoms with Crippen LogP contribution in [0.2, 0.25) is 0 Å². The van der Waals surface area contributed by atoms with Gasteiger partial charge in [-0.2, -0.15) is 0 Å². The van der Waals surface area contributed by atoms with Crippen LogP contribution in [0.4, 0.5) is 0 Å². The van der Waals surface area contributed by atoms with Gasteiger partial charge in [-0.3, -0.25) is 4.79 Å². The number of thioether (sulfide) groups is 1. The molecule has 3 rings (SSSR count). The molecule has 2 aromatic carbocycles. The summed E-state index contributed by atoms with van der Waals surface area (Å²) in [5.41, 5.74) is 3.10. The summed E-state index contributed by atoms with van der Waals surface area (Å²) < 4.78 is 5.75. The maximum absolute atomic E-state index is 12.1. The number of ketones is 1. The topological polar surface area (TPSA) is 43.1 Å². The number of hydrogen-bond acceptors (Lipinski definition) is 4. The van der Waals surface area contributed by atoms with Crippen LogP contribution in [0.25, 0.3) is 11.5 Å². The van der Waals surface area contributed by atoms with Crippen molar-refractivity contribution >= 4 is 17.5 Å². The molecule has 0 N–H and O–H groups in total. The number of hydrogen-bond donors (Lipinski definition) is 0. The summed E-state index contributed by atoms with van der Waals surface area (Å²) in [5, 5.41) is 0. The Hall–Kier alpha value is -2.33. The highest BCUT2D eigenvalue weighted by Crippen LogP contribution is 2.24. The molecule has 0 spiro atoms. The van der Waals surface area contributed by atoms with Crippen LogP contribution in [0.15, 0.2) is 65.1 Å². The van der Waals surface area contributed by atoms with Crippen molar-refractivity contribution in [1.82, 2.24) is 4.98 Å². The summed E-state index contributed by atoms with van der Waals surface area (Å²) in [7, 11) is 0. The van der Waals surface area contributed by atoms with Crippen LogP contribution in [0.3, 0.4) is 0 Å². The Bertz CT molecular complexity index is 812. The van der Waals surface area contributed by atoms with Crippen molar-refractivity contribution in [3.8, 4) is 11.5 Å². The second-order valence-electron chi connectivity index (χ2n) is 5.90. The van der Waals surface area contributed by atoms with E-state index in [9.17, 15) is 4.79 Å². The summed E-state index contributed by atoms with van der Waals surface area (Å²) in [6.45, 7) is 1.92. The lowest BCUT2D eigenvalue weighted by atomic mass is 10.1. The van der Waals surface area contributed by atoms with Crippen molar-refractivity contribution in [3.05, 3.63) is 77.7 Å². The number of carbonyl (C=O) groups excluding carboxylic acids is 1. The molecule has 1 aromatic heterocycles. The molecule has 1 heterocycles. The molecule has 0 unspecified atom stereocenters. The van der Waals surface area contributed by atoms with Crippen molar-refractivity contribution in [2.24, 2.45) is 0 Å². The molecule has 0 radical (unpaired) electrons. The van der Waals surface area contributed by atoms with Gasteiger partial charge in [0, 0.05) is 17.7 Å². The van der Waals surface area contributed by atoms with Gasteiger partial charge in [0.25, 0.3) is 0 Å². The molecular weight excluding hydrogens is 330 g/mol. The van der Waals surface area contributed by atoms with Crippen LogP contribution in [0.1, 0.15) is 23.4 Å². The van der Waals surface area contributed by atoms with Gasteiger partial charge in [0.2, 0.25) is 5.89 Å². The zero-order chi connectivity index (χ0) is 17.5. The van der Waals surface area contributed by atoms with E-state index in [-0.39, 0.29) is 5.78 Å². The molecule has 0 saturated heterocycles. The summed E-state index contributed by atoms with van der Waals surface area (Å²) in [4.78, 5) is 16.6. The van der Waals surface area contributed by atoms with Gasteiger partial charge in [0.15, 0.2) is 0 Å². The van der Waals surface area contributed by atoms with Gasteiger partial charge in [-0.15, -0.1) is 11.8 Å². The Morgan fingerprint density at radius 2 is 1.72 bits per heavy atom. The lowest BCUT2D eigenvalue weighted by Gasteiger charge is -2.01. The van der Waals surface area contributed by atoms with Gasteiger partial charge in [-0.1, -0.05) is 48.5 Å². The first kappa shape index (κ1) is 17.5. The van der Waals surface area contributed by atoms with Crippen LogP contribution < -0.4 is 0 Å². The number of oxazole rings is 1. The molecule has 0 aliphatic heterocycles. The minimum atomic E-state index is 0.276. The second kappa shape index (κ2) is 8.67. The quantitative estimate of drug-likeness (QED) is 0.567. The molecule has 0 bridgehead atoms. The van der Waals surface area contributed by atoms with Crippen molar-refractivity contribution in [2.45, 2.75) is 25.5 Å². The van der Waals surface area contributed by atoms with Crippen LogP contribution in [0.5, 0.6) is 0 Å². The van der Waals surface area contributed by atoms with E-state index in [0.717, 1.165) is 23.4 Å². The van der Waals surface area contributed by atoms with Gasteiger partial charge in [-0.05, 0) is 31.0 Å². The molecule has 128 valence electrons. The molecule has 0 amide bonds. The molecule has 0 aliphatic rings. The molecule has 0 atom stereocenters. The first-order valence-corrected chi connectivity index (χ1v) is 9.53. The normalized spacial score (nSPS) is 10.8. The first-order chi connectivity index (χ1) is 12.2. The lowest BCUT2D eigenvalue weighted by molar-refractivity contribution is -0.116. The first-order valence-electron chi connectivity index (χ1n) is 8.37. The smallest absolute Gasteiger partial charge is 0.226 e. The molecule has 25 heavy (non-hydrogen) atoms. The van der Waals surface area contributed by atoms with Crippen LogP contribution in [-0.2, 0) is 17.0 Å². The maximum atomic E-state index is 12.1. The zero-order valence-corrected chi connectivity index (χ0v) is 15.1. The van der Waals surface area contributed by atoms with E-state index in [1.54, 1.807) is 11.8 Å². The number of Topliss-reactive ketones (excluding diaryl/α,β-unsaturated/α-hetero) is 1. The SMILES string of the molecule is Cc1oc(-c2ccccc2)nc1CSCC(=O)CCc1ccccc1. The van der Waals surface area contributed by atoms with E-state index < -0.39 is 0 Å². The molecule has 0 saturated carbocycles. The molecule has 3 aromatic rings. The Morgan fingerprint density at radius 1 is 1.04 bits per heavy atom. The van der Waals surface area contributed by atoms with Gasteiger partial charge < -0.3 is 4.42 Å². The van der Waals surface area contributed by atoms with Gasteiger partial charge >= 0.3 is 0 Å². The maximum Gasteiger partial charge on any atom is 0.226 e. The number of carbonyl (C=O) groups is 1. The highest BCUT2D eigenvalue weighted by molar-refractivity contribution is 7.99. The monoisotopic (exact) mass is 351 g/mol. The Labute approximate surface area is 152 Å². The minimum Gasteiger partial charge on any atom is -0.441 e.